The third-order valence-corrected chi connectivity index (χ3v) is 2.36. The molecule has 0 saturated heterocycles. The average Bonchev–Trinajstić information content (AvgIpc) is 2.63. The van der Waals surface area contributed by atoms with Gasteiger partial charge in [0, 0.05) is 12.8 Å². The summed E-state index contributed by atoms with van der Waals surface area (Å²) in [6.45, 7) is 7.18. The second-order valence-corrected chi connectivity index (χ2v) is 5.10. The quantitative estimate of drug-likeness (QED) is 0.560. The Kier molecular flexibility index (Phi) is 4.32. The lowest BCUT2D eigenvalue weighted by atomic mass is 10.1. The number of carbonyl (C=O) groups excluding carboxylic acids is 2. The summed E-state index contributed by atoms with van der Waals surface area (Å²) in [5, 5.41) is 0. The lowest BCUT2D eigenvalue weighted by Crippen LogP contribution is -2.34. The van der Waals surface area contributed by atoms with Crippen molar-refractivity contribution in [2.45, 2.75) is 52.2 Å². The minimum absolute atomic E-state index is 0.285. The van der Waals surface area contributed by atoms with Crippen LogP contribution in [0.4, 0.5) is 0 Å². The van der Waals surface area contributed by atoms with Crippen LogP contribution in [0.1, 0.15) is 40.5 Å². The summed E-state index contributed by atoms with van der Waals surface area (Å²) < 4.78 is 10.5. The van der Waals surface area contributed by atoms with Crippen LogP contribution in [-0.2, 0) is 19.1 Å². The molecule has 0 N–H and O–H groups in total. The molecule has 2 atom stereocenters. The topological polar surface area (TPSA) is 52.6 Å². The molecule has 1 unspecified atom stereocenters. The molecule has 0 bridgehead atoms. The van der Waals surface area contributed by atoms with E-state index in [0.717, 1.165) is 0 Å². The van der Waals surface area contributed by atoms with Crippen molar-refractivity contribution < 1.29 is 19.1 Å². The molecule has 0 aromatic heterocycles. The van der Waals surface area contributed by atoms with E-state index in [2.05, 4.69) is 0 Å². The highest BCUT2D eigenvalue weighted by Crippen LogP contribution is 2.25. The normalized spacial score (nSPS) is 23.5. The lowest BCUT2D eigenvalue weighted by molar-refractivity contribution is -0.165. The van der Waals surface area contributed by atoms with E-state index in [0.29, 0.717) is 12.8 Å². The summed E-state index contributed by atoms with van der Waals surface area (Å²) in [5.74, 6) is -1.09. The van der Waals surface area contributed by atoms with Gasteiger partial charge in [-0.15, -0.1) is 0 Å². The van der Waals surface area contributed by atoms with E-state index in [1.54, 1.807) is 13.0 Å². The van der Waals surface area contributed by atoms with E-state index in [1.165, 1.54) is 0 Å². The van der Waals surface area contributed by atoms with Gasteiger partial charge in [0.05, 0.1) is 0 Å². The Morgan fingerprint density at radius 1 is 1.35 bits per heavy atom. The Morgan fingerprint density at radius 3 is 2.53 bits per heavy atom. The number of hydrogen-bond acceptors (Lipinski definition) is 4. The minimum atomic E-state index is -0.521. The molecule has 0 radical (unpaired) electrons. The summed E-state index contributed by atoms with van der Waals surface area (Å²) in [7, 11) is 0. The molecule has 0 aliphatic heterocycles. The van der Waals surface area contributed by atoms with Crippen molar-refractivity contribution in [2.24, 2.45) is 5.92 Å². The maximum atomic E-state index is 11.9. The highest BCUT2D eigenvalue weighted by Gasteiger charge is 2.34. The molecule has 4 heteroatoms. The van der Waals surface area contributed by atoms with Crippen LogP contribution in [0, 0.1) is 5.92 Å². The number of hydrogen-bond donors (Lipinski definition) is 0. The fourth-order valence-electron chi connectivity index (χ4n) is 1.60. The van der Waals surface area contributed by atoms with Gasteiger partial charge in [-0.2, -0.15) is 0 Å². The first-order chi connectivity index (χ1) is 7.83. The molecule has 96 valence electrons. The minimum Gasteiger partial charge on any atom is -0.461 e. The summed E-state index contributed by atoms with van der Waals surface area (Å²) in [6, 6.07) is 0. The monoisotopic (exact) mass is 240 g/mol. The Balaban J connectivity index is 2.59. The highest BCUT2D eigenvalue weighted by atomic mass is 16.6. The smallest absolute Gasteiger partial charge is 0.317 e. The molecule has 1 aliphatic carbocycles. The van der Waals surface area contributed by atoms with Gasteiger partial charge in [-0.25, -0.2) is 0 Å². The van der Waals surface area contributed by atoms with Crippen LogP contribution in [-0.4, -0.2) is 23.6 Å². The van der Waals surface area contributed by atoms with Crippen LogP contribution in [0.3, 0.4) is 0 Å². The van der Waals surface area contributed by atoms with Crippen LogP contribution in [0.15, 0.2) is 12.2 Å². The maximum absolute atomic E-state index is 11.9. The van der Waals surface area contributed by atoms with Gasteiger partial charge in [0.1, 0.15) is 17.6 Å². The zero-order valence-electron chi connectivity index (χ0n) is 10.9. The van der Waals surface area contributed by atoms with E-state index in [4.69, 9.17) is 9.47 Å². The Hall–Kier alpha value is -1.32. The van der Waals surface area contributed by atoms with Crippen LogP contribution in [0.25, 0.3) is 0 Å². The van der Waals surface area contributed by atoms with E-state index in [1.807, 2.05) is 26.8 Å². The third-order valence-electron chi connectivity index (χ3n) is 2.36. The third kappa shape index (κ3) is 4.21. The van der Waals surface area contributed by atoms with Crippen molar-refractivity contribution in [2.75, 3.05) is 0 Å². The van der Waals surface area contributed by atoms with Gasteiger partial charge in [0.25, 0.3) is 0 Å². The number of esters is 2. The first-order valence-corrected chi connectivity index (χ1v) is 5.92. The van der Waals surface area contributed by atoms with Crippen LogP contribution < -0.4 is 0 Å². The molecule has 0 heterocycles. The molecule has 0 saturated carbocycles. The van der Waals surface area contributed by atoms with Crippen molar-refractivity contribution >= 4 is 11.9 Å². The van der Waals surface area contributed by atoms with Gasteiger partial charge in [-0.1, -0.05) is 19.1 Å². The van der Waals surface area contributed by atoms with Gasteiger partial charge >= 0.3 is 11.9 Å². The van der Waals surface area contributed by atoms with Crippen LogP contribution >= 0.6 is 0 Å². The molecule has 4 nitrogen and oxygen atoms in total. The highest BCUT2D eigenvalue weighted by molar-refractivity contribution is 5.77. The van der Waals surface area contributed by atoms with Crippen molar-refractivity contribution in [3.05, 3.63) is 12.2 Å². The fourth-order valence-corrected chi connectivity index (χ4v) is 1.60. The molecule has 0 aromatic carbocycles. The first kappa shape index (κ1) is 13.7. The van der Waals surface area contributed by atoms with Gasteiger partial charge < -0.3 is 9.47 Å². The van der Waals surface area contributed by atoms with Crippen LogP contribution in [0.5, 0.6) is 0 Å². The predicted octanol–water partition coefficient (Wildman–Crippen LogP) is 2.23. The molecule has 0 fully saturated rings. The Morgan fingerprint density at radius 2 is 2.00 bits per heavy atom. The van der Waals surface area contributed by atoms with Gasteiger partial charge in [-0.3, -0.25) is 9.59 Å². The molecule has 0 amide bonds. The summed E-state index contributed by atoms with van der Waals surface area (Å²) in [4.78, 5) is 23.1. The SMILES string of the molecule is CCC(=O)OC1CC=C[C@@H]1C(=O)OC(C)(C)C. The second-order valence-electron chi connectivity index (χ2n) is 5.10. The van der Waals surface area contributed by atoms with Crippen molar-refractivity contribution in [1.29, 1.82) is 0 Å². The van der Waals surface area contributed by atoms with Gasteiger partial charge in [-0.05, 0) is 20.8 Å². The summed E-state index contributed by atoms with van der Waals surface area (Å²) in [5.41, 5.74) is -0.521. The second kappa shape index (κ2) is 5.34. The summed E-state index contributed by atoms with van der Waals surface area (Å²) in [6.07, 6.45) is 4.09. The standard InChI is InChI=1S/C13H20O4/c1-5-11(14)16-10-8-6-7-9(10)12(15)17-13(2,3)4/h6-7,9-10H,5,8H2,1-4H3/t9-,10?/m0/s1. The van der Waals surface area contributed by atoms with Crippen molar-refractivity contribution in [3.63, 3.8) is 0 Å². The van der Waals surface area contributed by atoms with Gasteiger partial charge in [0.2, 0.25) is 0 Å². The number of ether oxygens (including phenoxy) is 2. The van der Waals surface area contributed by atoms with E-state index in [-0.39, 0.29) is 11.9 Å². The molecule has 0 spiro atoms. The molecular formula is C13H20O4. The number of rotatable bonds is 3. The van der Waals surface area contributed by atoms with E-state index < -0.39 is 17.6 Å². The zero-order chi connectivity index (χ0) is 13.1. The molecule has 0 aromatic rings. The Bertz CT molecular complexity index is 325. The Labute approximate surface area is 102 Å². The molecular weight excluding hydrogens is 220 g/mol. The van der Waals surface area contributed by atoms with Crippen LogP contribution in [0.2, 0.25) is 0 Å². The largest absolute Gasteiger partial charge is 0.461 e. The van der Waals surface area contributed by atoms with Crippen molar-refractivity contribution in [3.8, 4) is 0 Å². The lowest BCUT2D eigenvalue weighted by Gasteiger charge is -2.24. The number of carbonyl (C=O) groups is 2. The van der Waals surface area contributed by atoms with Gasteiger partial charge in [0.15, 0.2) is 0 Å². The van der Waals surface area contributed by atoms with E-state index in [9.17, 15) is 9.59 Å². The predicted molar refractivity (Wildman–Crippen MR) is 63.3 cm³/mol. The first-order valence-electron chi connectivity index (χ1n) is 5.92. The molecule has 1 rings (SSSR count). The molecule has 17 heavy (non-hydrogen) atoms. The fraction of sp³-hybridized carbons (Fsp3) is 0.692. The molecule has 1 aliphatic rings. The zero-order valence-corrected chi connectivity index (χ0v) is 10.9. The maximum Gasteiger partial charge on any atom is 0.317 e. The average molecular weight is 240 g/mol. The van der Waals surface area contributed by atoms with Crippen molar-refractivity contribution in [1.82, 2.24) is 0 Å². The summed E-state index contributed by atoms with van der Waals surface area (Å²) >= 11 is 0. The van der Waals surface area contributed by atoms with E-state index >= 15 is 0 Å².